The Balaban J connectivity index is 1.43. The number of hydrogen-bond acceptors (Lipinski definition) is 8. The van der Waals surface area contributed by atoms with Crippen molar-refractivity contribution in [3.05, 3.63) is 76.3 Å². The second-order valence-electron chi connectivity index (χ2n) is 8.51. The molecule has 1 fully saturated rings. The number of anilines is 1. The van der Waals surface area contributed by atoms with E-state index in [4.69, 9.17) is 4.98 Å². The zero-order chi connectivity index (χ0) is 24.2. The number of benzene rings is 2. The summed E-state index contributed by atoms with van der Waals surface area (Å²) in [6.45, 7) is 5.17. The Labute approximate surface area is 206 Å². The predicted octanol–water partition coefficient (Wildman–Crippen LogP) is 4.60. The van der Waals surface area contributed by atoms with Gasteiger partial charge < -0.3 is 9.88 Å². The van der Waals surface area contributed by atoms with Gasteiger partial charge in [-0.2, -0.15) is 0 Å². The van der Waals surface area contributed by atoms with Gasteiger partial charge in [-0.15, -0.1) is 16.2 Å². The molecule has 9 nitrogen and oxygen atoms in total. The van der Waals surface area contributed by atoms with E-state index in [0.29, 0.717) is 28.0 Å². The number of aromatic nitrogens is 3. The van der Waals surface area contributed by atoms with Gasteiger partial charge in [-0.25, -0.2) is 9.97 Å². The van der Waals surface area contributed by atoms with E-state index in [9.17, 15) is 9.70 Å². The third-order valence-electron chi connectivity index (χ3n) is 6.06. The van der Waals surface area contributed by atoms with Gasteiger partial charge in [-0.1, -0.05) is 24.3 Å². The highest BCUT2D eigenvalue weighted by Crippen LogP contribution is 2.29. The van der Waals surface area contributed by atoms with Crippen molar-refractivity contribution in [2.45, 2.75) is 6.54 Å². The lowest BCUT2D eigenvalue weighted by Crippen LogP contribution is -2.43. The molecule has 0 aliphatic carbocycles. The summed E-state index contributed by atoms with van der Waals surface area (Å²) in [6.07, 6.45) is 1.64. The molecular formula is C25H25N7O2S. The van der Waals surface area contributed by atoms with Crippen molar-refractivity contribution < 1.29 is 4.79 Å². The van der Waals surface area contributed by atoms with Crippen LogP contribution in [-0.2, 0) is 6.54 Å². The van der Waals surface area contributed by atoms with Crippen molar-refractivity contribution in [2.24, 2.45) is 5.18 Å². The SMILES string of the molecule is CN1CCN(Cc2ccc(-c3nc(-c4ccc(N=O)cc4)[nH]c3C(=O)Nc3nccs3)cc2)CC1. The number of carbonyl (C=O) groups is 1. The van der Waals surface area contributed by atoms with Crippen LogP contribution >= 0.6 is 11.3 Å². The second kappa shape index (κ2) is 10.3. The molecule has 2 N–H and O–H groups in total. The van der Waals surface area contributed by atoms with E-state index >= 15 is 0 Å². The summed E-state index contributed by atoms with van der Waals surface area (Å²) in [5, 5.41) is 8.09. The van der Waals surface area contributed by atoms with Gasteiger partial charge >= 0.3 is 0 Å². The van der Waals surface area contributed by atoms with E-state index in [2.05, 4.69) is 49.4 Å². The molecule has 1 aliphatic rings. The lowest BCUT2D eigenvalue weighted by molar-refractivity contribution is 0.102. The number of nitroso groups, excluding NO2 is 1. The first-order valence-corrected chi connectivity index (χ1v) is 12.2. The smallest absolute Gasteiger partial charge is 0.276 e. The molecule has 2 aromatic carbocycles. The van der Waals surface area contributed by atoms with Crippen LogP contribution in [0, 0.1) is 4.91 Å². The number of nitrogens with zero attached hydrogens (tertiary/aromatic N) is 5. The van der Waals surface area contributed by atoms with Crippen LogP contribution in [-0.4, -0.2) is 63.9 Å². The molecule has 5 rings (SSSR count). The zero-order valence-corrected chi connectivity index (χ0v) is 20.1. The number of nitrogens with one attached hydrogen (secondary N) is 2. The van der Waals surface area contributed by atoms with Crippen LogP contribution in [0.1, 0.15) is 16.1 Å². The van der Waals surface area contributed by atoms with Crippen LogP contribution in [0.5, 0.6) is 0 Å². The van der Waals surface area contributed by atoms with Crippen LogP contribution in [0.3, 0.4) is 0 Å². The maximum atomic E-state index is 13.1. The highest BCUT2D eigenvalue weighted by atomic mass is 32.1. The number of thiazole rings is 1. The number of hydrogen-bond donors (Lipinski definition) is 2. The molecule has 35 heavy (non-hydrogen) atoms. The molecule has 0 spiro atoms. The van der Waals surface area contributed by atoms with Crippen LogP contribution in [0.2, 0.25) is 0 Å². The minimum Gasteiger partial charge on any atom is -0.333 e. The summed E-state index contributed by atoms with van der Waals surface area (Å²) in [6, 6.07) is 14.9. The normalized spacial score (nSPS) is 14.7. The zero-order valence-electron chi connectivity index (χ0n) is 19.3. The summed E-state index contributed by atoms with van der Waals surface area (Å²) in [5.74, 6) is 0.213. The summed E-state index contributed by atoms with van der Waals surface area (Å²) >= 11 is 1.35. The van der Waals surface area contributed by atoms with Gasteiger partial charge in [0.15, 0.2) is 5.13 Å². The first-order chi connectivity index (χ1) is 17.1. The van der Waals surface area contributed by atoms with Crippen LogP contribution in [0.15, 0.2) is 65.3 Å². The average Bonchev–Trinajstić information content (AvgIpc) is 3.56. The molecule has 0 bridgehead atoms. The van der Waals surface area contributed by atoms with E-state index in [0.717, 1.165) is 43.9 Å². The maximum Gasteiger partial charge on any atom is 0.276 e. The summed E-state index contributed by atoms with van der Waals surface area (Å²) in [7, 11) is 2.15. The van der Waals surface area contributed by atoms with Crippen LogP contribution in [0.4, 0.5) is 10.8 Å². The number of likely N-dealkylation sites (N-methyl/N-ethyl adjacent to an activating group) is 1. The molecule has 0 saturated carbocycles. The van der Waals surface area contributed by atoms with E-state index in [1.165, 1.54) is 16.9 Å². The topological polar surface area (TPSA) is 107 Å². The Morgan fingerprint density at radius 2 is 1.77 bits per heavy atom. The van der Waals surface area contributed by atoms with Crippen molar-refractivity contribution in [2.75, 3.05) is 38.5 Å². The van der Waals surface area contributed by atoms with Crippen molar-refractivity contribution >= 4 is 28.1 Å². The minimum atomic E-state index is -0.318. The molecule has 10 heteroatoms. The molecular weight excluding hydrogens is 462 g/mol. The van der Waals surface area contributed by atoms with Crippen molar-refractivity contribution in [3.63, 3.8) is 0 Å². The fourth-order valence-electron chi connectivity index (χ4n) is 4.04. The van der Waals surface area contributed by atoms with Gasteiger partial charge in [0.1, 0.15) is 22.9 Å². The molecule has 178 valence electrons. The minimum absolute atomic E-state index is 0.318. The second-order valence-corrected chi connectivity index (χ2v) is 9.41. The third-order valence-corrected chi connectivity index (χ3v) is 6.75. The van der Waals surface area contributed by atoms with E-state index in [1.807, 2.05) is 12.1 Å². The standard InChI is InChI=1S/C25H25N7O2S/c1-31-11-13-32(14-12-31)16-17-2-4-18(5-3-17)21-22(24(33)29-25-26-10-15-35-25)28-23(27-21)19-6-8-20(30-34)9-7-19/h2-10,15H,11-14,16H2,1H3,(H,27,28)(H,26,29,33). The summed E-state index contributed by atoms with van der Waals surface area (Å²) < 4.78 is 0. The molecule has 2 aromatic heterocycles. The maximum absolute atomic E-state index is 13.1. The Morgan fingerprint density at radius 3 is 2.43 bits per heavy atom. The number of imidazole rings is 1. The first-order valence-electron chi connectivity index (χ1n) is 11.3. The molecule has 4 aromatic rings. The lowest BCUT2D eigenvalue weighted by Gasteiger charge is -2.32. The van der Waals surface area contributed by atoms with Crippen molar-refractivity contribution in [1.82, 2.24) is 24.8 Å². The number of rotatable bonds is 7. The van der Waals surface area contributed by atoms with E-state index < -0.39 is 0 Å². The highest BCUT2D eigenvalue weighted by molar-refractivity contribution is 7.13. The molecule has 0 unspecified atom stereocenters. The van der Waals surface area contributed by atoms with Gasteiger partial charge in [0.2, 0.25) is 0 Å². The fraction of sp³-hybridized carbons (Fsp3) is 0.240. The molecule has 1 amide bonds. The van der Waals surface area contributed by atoms with Crippen molar-refractivity contribution in [1.29, 1.82) is 0 Å². The summed E-state index contributed by atoms with van der Waals surface area (Å²) in [4.78, 5) is 40.7. The summed E-state index contributed by atoms with van der Waals surface area (Å²) in [5.41, 5.74) is 4.04. The Bertz CT molecular complexity index is 1290. The molecule has 1 aliphatic heterocycles. The van der Waals surface area contributed by atoms with Crippen LogP contribution < -0.4 is 5.32 Å². The number of amides is 1. The van der Waals surface area contributed by atoms with Crippen LogP contribution in [0.25, 0.3) is 22.6 Å². The van der Waals surface area contributed by atoms with Gasteiger partial charge in [0.25, 0.3) is 5.91 Å². The quantitative estimate of drug-likeness (QED) is 0.369. The number of carbonyl (C=O) groups excluding carboxylic acids is 1. The van der Waals surface area contributed by atoms with Gasteiger partial charge in [-0.3, -0.25) is 15.0 Å². The molecule has 1 saturated heterocycles. The molecule has 3 heterocycles. The van der Waals surface area contributed by atoms with Gasteiger partial charge in [0.05, 0.1) is 0 Å². The number of H-pyrrole nitrogens is 1. The van der Waals surface area contributed by atoms with Gasteiger partial charge in [0, 0.05) is 55.4 Å². The predicted molar refractivity (Wildman–Crippen MR) is 138 cm³/mol. The Hall–Kier alpha value is -3.73. The number of piperazine rings is 1. The largest absolute Gasteiger partial charge is 0.333 e. The van der Waals surface area contributed by atoms with E-state index in [-0.39, 0.29) is 5.91 Å². The third kappa shape index (κ3) is 5.35. The molecule has 0 radical (unpaired) electrons. The Kier molecular flexibility index (Phi) is 6.75. The van der Waals surface area contributed by atoms with E-state index in [1.54, 1.807) is 35.8 Å². The Morgan fingerprint density at radius 1 is 1.06 bits per heavy atom. The molecule has 0 atom stereocenters. The monoisotopic (exact) mass is 487 g/mol. The first kappa shape index (κ1) is 23.0. The van der Waals surface area contributed by atoms with Gasteiger partial charge in [-0.05, 0) is 42.1 Å². The lowest BCUT2D eigenvalue weighted by atomic mass is 10.1. The van der Waals surface area contributed by atoms with Crippen molar-refractivity contribution in [3.8, 4) is 22.6 Å². The highest BCUT2D eigenvalue weighted by Gasteiger charge is 2.21. The fourth-order valence-corrected chi connectivity index (χ4v) is 4.56. The number of aromatic amines is 1. The average molecular weight is 488 g/mol.